The maximum absolute atomic E-state index is 13.9. The SMILES string of the molecule is CC(C#N)(c1ccc(Cl)cc1)c1ccc(-n2ncc(=O)[nH]c2=O)cc1C(F)(F)F. The van der Waals surface area contributed by atoms with E-state index in [2.05, 4.69) is 5.10 Å². The summed E-state index contributed by atoms with van der Waals surface area (Å²) in [5.41, 5.74) is -4.69. The molecule has 3 rings (SSSR count). The molecule has 6 nitrogen and oxygen atoms in total. The Hall–Kier alpha value is -3.38. The van der Waals surface area contributed by atoms with E-state index in [4.69, 9.17) is 11.6 Å². The molecule has 148 valence electrons. The van der Waals surface area contributed by atoms with Gasteiger partial charge in [0.2, 0.25) is 0 Å². The highest BCUT2D eigenvalue weighted by Crippen LogP contribution is 2.41. The molecular weight excluding hydrogens is 409 g/mol. The zero-order valence-electron chi connectivity index (χ0n) is 14.8. The van der Waals surface area contributed by atoms with E-state index < -0.39 is 28.4 Å². The maximum Gasteiger partial charge on any atom is 0.416 e. The number of alkyl halides is 3. The Labute approximate surface area is 166 Å². The smallest absolute Gasteiger partial charge is 0.271 e. The molecule has 3 aromatic rings. The predicted octanol–water partition coefficient (Wildman–Crippen LogP) is 3.42. The van der Waals surface area contributed by atoms with Gasteiger partial charge in [0.25, 0.3) is 5.56 Å². The van der Waals surface area contributed by atoms with Crippen LogP contribution in [0.3, 0.4) is 0 Å². The standard InChI is InChI=1S/C19H12ClF3N4O2/c1-18(10-24,11-2-4-12(20)5-3-11)14-7-6-13(8-15(14)19(21,22)23)27-17(29)26-16(28)9-25-27/h2-9H,1H3,(H,26,28,29). The van der Waals surface area contributed by atoms with E-state index >= 15 is 0 Å². The van der Waals surface area contributed by atoms with Crippen molar-refractivity contribution in [2.24, 2.45) is 0 Å². The zero-order chi connectivity index (χ0) is 21.4. The lowest BCUT2D eigenvalue weighted by Gasteiger charge is -2.27. The predicted molar refractivity (Wildman–Crippen MR) is 99.0 cm³/mol. The third kappa shape index (κ3) is 3.79. The molecular formula is C19H12ClF3N4O2. The minimum atomic E-state index is -4.82. The van der Waals surface area contributed by atoms with Crippen molar-refractivity contribution >= 4 is 11.6 Å². The molecule has 0 bridgehead atoms. The molecule has 0 fully saturated rings. The van der Waals surface area contributed by atoms with Crippen molar-refractivity contribution in [3.8, 4) is 11.8 Å². The summed E-state index contributed by atoms with van der Waals surface area (Å²) < 4.78 is 42.2. The van der Waals surface area contributed by atoms with Gasteiger partial charge in [-0.25, -0.2) is 4.79 Å². The zero-order valence-corrected chi connectivity index (χ0v) is 15.5. The number of halogens is 4. The molecule has 1 N–H and O–H groups in total. The van der Waals surface area contributed by atoms with Crippen molar-refractivity contribution in [2.45, 2.75) is 18.5 Å². The van der Waals surface area contributed by atoms with Crippen LogP contribution in [0.1, 0.15) is 23.6 Å². The highest BCUT2D eigenvalue weighted by Gasteiger charge is 2.41. The van der Waals surface area contributed by atoms with Gasteiger partial charge < -0.3 is 0 Å². The van der Waals surface area contributed by atoms with Gasteiger partial charge in [-0.2, -0.15) is 28.2 Å². The first-order chi connectivity index (χ1) is 13.6. The number of nitriles is 1. The van der Waals surface area contributed by atoms with Crippen LogP contribution in [0.5, 0.6) is 0 Å². The largest absolute Gasteiger partial charge is 0.416 e. The Morgan fingerprint density at radius 3 is 2.31 bits per heavy atom. The summed E-state index contributed by atoms with van der Waals surface area (Å²) in [5.74, 6) is 0. The van der Waals surface area contributed by atoms with E-state index in [-0.39, 0.29) is 11.3 Å². The first-order valence-corrected chi connectivity index (χ1v) is 8.52. The van der Waals surface area contributed by atoms with Crippen LogP contribution >= 0.6 is 11.6 Å². The van der Waals surface area contributed by atoms with Crippen LogP contribution in [0, 0.1) is 11.3 Å². The molecule has 0 aliphatic heterocycles. The third-order valence-electron chi connectivity index (χ3n) is 4.45. The molecule has 1 aromatic heterocycles. The van der Waals surface area contributed by atoms with Gasteiger partial charge in [-0.05, 0) is 42.3 Å². The van der Waals surface area contributed by atoms with Crippen molar-refractivity contribution < 1.29 is 13.2 Å². The fraction of sp³-hybridized carbons (Fsp3) is 0.158. The van der Waals surface area contributed by atoms with Crippen LogP contribution < -0.4 is 11.2 Å². The van der Waals surface area contributed by atoms with Crippen molar-refractivity contribution in [3.63, 3.8) is 0 Å². The Bertz CT molecular complexity index is 1230. The highest BCUT2D eigenvalue weighted by atomic mass is 35.5. The van der Waals surface area contributed by atoms with Crippen molar-refractivity contribution in [1.82, 2.24) is 14.8 Å². The number of benzene rings is 2. The maximum atomic E-state index is 13.9. The Morgan fingerprint density at radius 2 is 1.76 bits per heavy atom. The molecule has 0 aliphatic rings. The lowest BCUT2D eigenvalue weighted by Crippen LogP contribution is -2.31. The summed E-state index contributed by atoms with van der Waals surface area (Å²) >= 11 is 5.84. The van der Waals surface area contributed by atoms with Crippen molar-refractivity contribution in [1.29, 1.82) is 5.26 Å². The summed E-state index contributed by atoms with van der Waals surface area (Å²) in [6, 6.07) is 10.9. The number of hydrogen-bond donors (Lipinski definition) is 1. The second kappa shape index (κ2) is 7.22. The average Bonchev–Trinajstić information content (AvgIpc) is 2.67. The summed E-state index contributed by atoms with van der Waals surface area (Å²) in [7, 11) is 0. The number of aromatic amines is 1. The van der Waals surface area contributed by atoms with Gasteiger partial charge in [0.05, 0.1) is 17.3 Å². The van der Waals surface area contributed by atoms with Gasteiger partial charge in [0, 0.05) is 5.02 Å². The minimum Gasteiger partial charge on any atom is -0.271 e. The van der Waals surface area contributed by atoms with E-state index in [9.17, 15) is 28.0 Å². The fourth-order valence-electron chi connectivity index (χ4n) is 2.94. The van der Waals surface area contributed by atoms with Crippen LogP contribution in [-0.2, 0) is 11.6 Å². The highest BCUT2D eigenvalue weighted by molar-refractivity contribution is 6.30. The molecule has 1 heterocycles. The van der Waals surface area contributed by atoms with Gasteiger partial charge in [-0.3, -0.25) is 9.78 Å². The number of nitrogens with zero attached hydrogens (tertiary/aromatic N) is 3. The average molecular weight is 421 g/mol. The molecule has 0 spiro atoms. The molecule has 29 heavy (non-hydrogen) atoms. The third-order valence-corrected chi connectivity index (χ3v) is 4.70. The van der Waals surface area contributed by atoms with Crippen LogP contribution in [0.4, 0.5) is 13.2 Å². The number of aromatic nitrogens is 3. The number of rotatable bonds is 3. The van der Waals surface area contributed by atoms with E-state index in [1.807, 2.05) is 11.1 Å². The van der Waals surface area contributed by atoms with E-state index in [0.717, 1.165) is 12.3 Å². The molecule has 0 saturated heterocycles. The number of hydrogen-bond acceptors (Lipinski definition) is 4. The summed E-state index contributed by atoms with van der Waals surface area (Å²) in [6.07, 6.45) is -4.04. The van der Waals surface area contributed by atoms with Gasteiger partial charge in [0.15, 0.2) is 0 Å². The molecule has 0 saturated carbocycles. The van der Waals surface area contributed by atoms with E-state index in [1.54, 1.807) is 0 Å². The van der Waals surface area contributed by atoms with Crippen LogP contribution in [0.15, 0.2) is 58.3 Å². The number of nitrogens with one attached hydrogen (secondary N) is 1. The molecule has 1 unspecified atom stereocenters. The molecule has 0 radical (unpaired) electrons. The molecule has 2 aromatic carbocycles. The van der Waals surface area contributed by atoms with E-state index in [1.165, 1.54) is 37.3 Å². The minimum absolute atomic E-state index is 0.210. The summed E-state index contributed by atoms with van der Waals surface area (Å²) in [4.78, 5) is 25.0. The monoisotopic (exact) mass is 420 g/mol. The lowest BCUT2D eigenvalue weighted by atomic mass is 9.75. The molecule has 0 aliphatic carbocycles. The Balaban J connectivity index is 2.26. The fourth-order valence-corrected chi connectivity index (χ4v) is 3.06. The summed E-state index contributed by atoms with van der Waals surface area (Å²) in [6.45, 7) is 1.37. The van der Waals surface area contributed by atoms with Gasteiger partial charge in [-0.1, -0.05) is 29.8 Å². The van der Waals surface area contributed by atoms with Crippen LogP contribution in [0.25, 0.3) is 5.69 Å². The quantitative estimate of drug-likeness (QED) is 0.702. The van der Waals surface area contributed by atoms with Crippen LogP contribution in [0.2, 0.25) is 5.02 Å². The summed E-state index contributed by atoms with van der Waals surface area (Å²) in [5, 5.41) is 13.7. The van der Waals surface area contributed by atoms with Crippen molar-refractivity contribution in [2.75, 3.05) is 0 Å². The van der Waals surface area contributed by atoms with Gasteiger partial charge in [0.1, 0.15) is 11.6 Å². The Morgan fingerprint density at radius 1 is 1.10 bits per heavy atom. The van der Waals surface area contributed by atoms with E-state index in [0.29, 0.717) is 21.3 Å². The van der Waals surface area contributed by atoms with Gasteiger partial charge >= 0.3 is 11.9 Å². The lowest BCUT2D eigenvalue weighted by molar-refractivity contribution is -0.138. The second-order valence-electron chi connectivity index (χ2n) is 6.32. The second-order valence-corrected chi connectivity index (χ2v) is 6.76. The molecule has 10 heteroatoms. The first kappa shape index (κ1) is 20.4. The normalized spacial score (nSPS) is 13.5. The van der Waals surface area contributed by atoms with Gasteiger partial charge in [-0.15, -0.1) is 0 Å². The van der Waals surface area contributed by atoms with Crippen LogP contribution in [-0.4, -0.2) is 14.8 Å². The molecule has 1 atom stereocenters. The number of H-pyrrole nitrogens is 1. The topological polar surface area (TPSA) is 91.5 Å². The molecule has 0 amide bonds. The first-order valence-electron chi connectivity index (χ1n) is 8.14. The van der Waals surface area contributed by atoms with Crippen molar-refractivity contribution in [3.05, 3.63) is 91.2 Å². The Kier molecular flexibility index (Phi) is 5.07.